The smallest absolute Gasteiger partial charge is 0.265 e. The van der Waals surface area contributed by atoms with Crippen molar-refractivity contribution < 1.29 is 4.79 Å². The molecule has 1 N–H and O–H groups in total. The monoisotopic (exact) mass is 302 g/mol. The van der Waals surface area contributed by atoms with Crippen LogP contribution in [0.15, 0.2) is 35.7 Å². The molecular weight excluding hydrogens is 280 g/mol. The molecule has 3 nitrogen and oxygen atoms in total. The number of carbonyl (C=O) groups excluding carboxylic acids is 1. The summed E-state index contributed by atoms with van der Waals surface area (Å²) >= 11 is 1.48. The number of amides is 1. The summed E-state index contributed by atoms with van der Waals surface area (Å²) in [6, 6.07) is 10.1. The maximum absolute atomic E-state index is 12.2. The highest BCUT2D eigenvalue weighted by molar-refractivity contribution is 7.12. The summed E-state index contributed by atoms with van der Waals surface area (Å²) in [6.07, 6.45) is 0. The number of aryl methyl sites for hydroxylation is 1. The fourth-order valence-electron chi connectivity index (χ4n) is 2.25. The number of rotatable bonds is 6. The van der Waals surface area contributed by atoms with E-state index in [1.165, 1.54) is 16.9 Å². The molecule has 4 heteroatoms. The Bertz CT molecular complexity index is 602. The molecule has 1 amide bonds. The van der Waals surface area contributed by atoms with Gasteiger partial charge < -0.3 is 5.32 Å². The van der Waals surface area contributed by atoms with E-state index in [1.54, 1.807) is 0 Å². The fraction of sp³-hybridized carbons (Fsp3) is 0.353. The first-order valence-corrected chi connectivity index (χ1v) is 8.18. The highest BCUT2D eigenvalue weighted by Crippen LogP contribution is 2.19. The van der Waals surface area contributed by atoms with Crippen molar-refractivity contribution >= 4 is 22.9 Å². The molecule has 21 heavy (non-hydrogen) atoms. The molecule has 1 heterocycles. The lowest BCUT2D eigenvalue weighted by Gasteiger charge is -2.18. The van der Waals surface area contributed by atoms with Crippen LogP contribution in [0, 0.1) is 6.92 Å². The van der Waals surface area contributed by atoms with Gasteiger partial charge in [0.05, 0.1) is 4.88 Å². The molecule has 0 saturated carbocycles. The first-order valence-electron chi connectivity index (χ1n) is 7.30. The van der Waals surface area contributed by atoms with Gasteiger partial charge in [0.15, 0.2) is 0 Å². The number of carbonyl (C=O) groups is 1. The molecule has 0 fully saturated rings. The van der Waals surface area contributed by atoms with E-state index in [1.807, 2.05) is 30.5 Å². The van der Waals surface area contributed by atoms with E-state index in [9.17, 15) is 4.79 Å². The minimum atomic E-state index is -0.0255. The van der Waals surface area contributed by atoms with Crippen LogP contribution in [-0.4, -0.2) is 23.9 Å². The van der Waals surface area contributed by atoms with Crippen LogP contribution in [0.25, 0.3) is 0 Å². The van der Waals surface area contributed by atoms with Crippen LogP contribution in [0.1, 0.15) is 34.6 Å². The highest BCUT2D eigenvalue weighted by Gasteiger charge is 2.11. The lowest BCUT2D eigenvalue weighted by molar-refractivity contribution is 0.103. The molecule has 2 aromatic rings. The number of benzene rings is 1. The van der Waals surface area contributed by atoms with Gasteiger partial charge >= 0.3 is 0 Å². The third-order valence-electron chi connectivity index (χ3n) is 3.55. The van der Waals surface area contributed by atoms with Gasteiger partial charge in [0, 0.05) is 12.2 Å². The fourth-order valence-corrected chi connectivity index (χ4v) is 3.07. The number of thiophene rings is 1. The number of anilines is 1. The summed E-state index contributed by atoms with van der Waals surface area (Å²) in [5.74, 6) is -0.0255. The average molecular weight is 302 g/mol. The van der Waals surface area contributed by atoms with Crippen molar-refractivity contribution in [2.75, 3.05) is 18.4 Å². The Morgan fingerprint density at radius 1 is 1.24 bits per heavy atom. The van der Waals surface area contributed by atoms with Gasteiger partial charge in [-0.15, -0.1) is 11.3 Å². The molecule has 0 radical (unpaired) electrons. The molecule has 1 aromatic heterocycles. The van der Waals surface area contributed by atoms with E-state index in [2.05, 4.69) is 36.2 Å². The van der Waals surface area contributed by atoms with Crippen molar-refractivity contribution in [3.8, 4) is 0 Å². The minimum Gasteiger partial charge on any atom is -0.321 e. The summed E-state index contributed by atoms with van der Waals surface area (Å²) in [7, 11) is 0. The predicted octanol–water partition coefficient (Wildman–Crippen LogP) is 4.15. The zero-order valence-electron chi connectivity index (χ0n) is 12.8. The second kappa shape index (κ2) is 7.38. The minimum absolute atomic E-state index is 0.0255. The molecule has 0 saturated heterocycles. The van der Waals surface area contributed by atoms with Crippen molar-refractivity contribution in [1.29, 1.82) is 0 Å². The maximum atomic E-state index is 12.2. The molecule has 0 aliphatic rings. The third-order valence-corrected chi connectivity index (χ3v) is 4.57. The summed E-state index contributed by atoms with van der Waals surface area (Å²) in [5, 5.41) is 4.93. The Kier molecular flexibility index (Phi) is 5.53. The summed E-state index contributed by atoms with van der Waals surface area (Å²) in [4.78, 5) is 15.4. The predicted molar refractivity (Wildman–Crippen MR) is 90.1 cm³/mol. The van der Waals surface area contributed by atoms with Crippen LogP contribution in [0.5, 0.6) is 0 Å². The van der Waals surface area contributed by atoms with Crippen molar-refractivity contribution in [3.63, 3.8) is 0 Å². The van der Waals surface area contributed by atoms with E-state index in [4.69, 9.17) is 0 Å². The number of hydrogen-bond donors (Lipinski definition) is 1. The van der Waals surface area contributed by atoms with Crippen LogP contribution in [-0.2, 0) is 6.54 Å². The molecule has 0 bridgehead atoms. The second-order valence-corrected chi connectivity index (χ2v) is 5.96. The molecule has 0 aliphatic carbocycles. The van der Waals surface area contributed by atoms with E-state index in [0.29, 0.717) is 0 Å². The molecule has 112 valence electrons. The molecule has 0 aliphatic heterocycles. The normalized spacial score (nSPS) is 10.9. The Morgan fingerprint density at radius 3 is 2.62 bits per heavy atom. The average Bonchev–Trinajstić information content (AvgIpc) is 2.91. The van der Waals surface area contributed by atoms with E-state index in [-0.39, 0.29) is 5.91 Å². The lowest BCUT2D eigenvalue weighted by Crippen LogP contribution is -2.22. The van der Waals surface area contributed by atoms with Gasteiger partial charge in [-0.2, -0.15) is 0 Å². The number of nitrogens with one attached hydrogen (secondary N) is 1. The molecule has 0 spiro atoms. The van der Waals surface area contributed by atoms with E-state index >= 15 is 0 Å². The maximum Gasteiger partial charge on any atom is 0.265 e. The zero-order valence-corrected chi connectivity index (χ0v) is 13.7. The third kappa shape index (κ3) is 4.16. The quantitative estimate of drug-likeness (QED) is 0.869. The lowest BCUT2D eigenvalue weighted by atomic mass is 10.2. The van der Waals surface area contributed by atoms with Gasteiger partial charge in [-0.3, -0.25) is 9.69 Å². The largest absolute Gasteiger partial charge is 0.321 e. The van der Waals surface area contributed by atoms with Gasteiger partial charge in [-0.05, 0) is 54.7 Å². The van der Waals surface area contributed by atoms with Crippen LogP contribution in [0.4, 0.5) is 5.69 Å². The standard InChI is InChI=1S/C17H22N2OS/c1-4-19(5-2)12-14-7-6-8-15(11-14)18-17(20)16-13(3)9-10-21-16/h6-11H,4-5,12H2,1-3H3,(H,18,20). The molecule has 2 rings (SSSR count). The first-order chi connectivity index (χ1) is 10.1. The Balaban J connectivity index is 2.07. The van der Waals surface area contributed by atoms with Gasteiger partial charge in [-0.25, -0.2) is 0 Å². The van der Waals surface area contributed by atoms with Crippen molar-refractivity contribution in [2.45, 2.75) is 27.3 Å². The Labute approximate surface area is 130 Å². The van der Waals surface area contributed by atoms with Gasteiger partial charge in [-0.1, -0.05) is 26.0 Å². The van der Waals surface area contributed by atoms with Crippen molar-refractivity contribution in [2.24, 2.45) is 0 Å². The van der Waals surface area contributed by atoms with Crippen molar-refractivity contribution in [1.82, 2.24) is 4.90 Å². The Morgan fingerprint density at radius 2 is 2.00 bits per heavy atom. The molecule has 0 unspecified atom stereocenters. The summed E-state index contributed by atoms with van der Waals surface area (Å²) < 4.78 is 0. The van der Waals surface area contributed by atoms with Crippen LogP contribution in [0.3, 0.4) is 0 Å². The summed E-state index contributed by atoms with van der Waals surface area (Å²) in [6.45, 7) is 9.25. The number of hydrogen-bond acceptors (Lipinski definition) is 3. The second-order valence-electron chi connectivity index (χ2n) is 5.05. The Hall–Kier alpha value is -1.65. The van der Waals surface area contributed by atoms with Crippen LogP contribution >= 0.6 is 11.3 Å². The first kappa shape index (κ1) is 15.7. The molecule has 1 aromatic carbocycles. The van der Waals surface area contributed by atoms with Crippen LogP contribution in [0.2, 0.25) is 0 Å². The topological polar surface area (TPSA) is 32.3 Å². The zero-order chi connectivity index (χ0) is 15.2. The number of nitrogens with zero attached hydrogens (tertiary/aromatic N) is 1. The SMILES string of the molecule is CCN(CC)Cc1cccc(NC(=O)c2sccc2C)c1. The van der Waals surface area contributed by atoms with E-state index in [0.717, 1.165) is 35.8 Å². The van der Waals surface area contributed by atoms with Gasteiger partial charge in [0.25, 0.3) is 5.91 Å². The molecular formula is C17H22N2OS. The van der Waals surface area contributed by atoms with Crippen LogP contribution < -0.4 is 5.32 Å². The van der Waals surface area contributed by atoms with Gasteiger partial charge in [0.2, 0.25) is 0 Å². The van der Waals surface area contributed by atoms with Crippen molar-refractivity contribution in [3.05, 3.63) is 51.7 Å². The highest BCUT2D eigenvalue weighted by atomic mass is 32.1. The molecule has 0 atom stereocenters. The summed E-state index contributed by atoms with van der Waals surface area (Å²) in [5.41, 5.74) is 3.11. The van der Waals surface area contributed by atoms with Gasteiger partial charge in [0.1, 0.15) is 0 Å². The van der Waals surface area contributed by atoms with E-state index < -0.39 is 0 Å².